The standard InChI is InChI=1S/C12H22N2O/c1-10(2)8-15-11-5-4-6-12(7-11,9-13)14-3/h10-11,14H,4-8H2,1-3H3. The van der Waals surface area contributed by atoms with E-state index in [4.69, 9.17) is 10.00 Å². The molecular formula is C12H22N2O. The zero-order valence-electron chi connectivity index (χ0n) is 10.0. The van der Waals surface area contributed by atoms with Gasteiger partial charge >= 0.3 is 0 Å². The van der Waals surface area contributed by atoms with Crippen molar-refractivity contribution >= 4 is 0 Å². The highest BCUT2D eigenvalue weighted by molar-refractivity contribution is 5.09. The molecule has 0 bridgehead atoms. The summed E-state index contributed by atoms with van der Waals surface area (Å²) < 4.78 is 5.81. The number of hydrogen-bond donors (Lipinski definition) is 1. The number of nitrogens with zero attached hydrogens (tertiary/aromatic N) is 1. The molecule has 3 heteroatoms. The zero-order chi connectivity index (χ0) is 11.3. The highest BCUT2D eigenvalue weighted by atomic mass is 16.5. The summed E-state index contributed by atoms with van der Waals surface area (Å²) in [6, 6.07) is 2.39. The summed E-state index contributed by atoms with van der Waals surface area (Å²) in [7, 11) is 1.87. The minimum Gasteiger partial charge on any atom is -0.378 e. The quantitative estimate of drug-likeness (QED) is 0.772. The Morgan fingerprint density at radius 1 is 1.60 bits per heavy atom. The Morgan fingerprint density at radius 2 is 2.33 bits per heavy atom. The third kappa shape index (κ3) is 3.48. The van der Waals surface area contributed by atoms with Crippen LogP contribution in [0.1, 0.15) is 39.5 Å². The second-order valence-electron chi connectivity index (χ2n) is 4.89. The van der Waals surface area contributed by atoms with Crippen molar-refractivity contribution in [2.24, 2.45) is 5.92 Å². The second-order valence-corrected chi connectivity index (χ2v) is 4.89. The van der Waals surface area contributed by atoms with E-state index in [0.29, 0.717) is 5.92 Å². The molecule has 0 aromatic carbocycles. The first-order chi connectivity index (χ1) is 7.12. The van der Waals surface area contributed by atoms with Gasteiger partial charge in [-0.05, 0) is 32.2 Å². The van der Waals surface area contributed by atoms with Crippen molar-refractivity contribution in [3.8, 4) is 6.07 Å². The molecule has 2 atom stereocenters. The molecule has 1 N–H and O–H groups in total. The molecular weight excluding hydrogens is 188 g/mol. The van der Waals surface area contributed by atoms with Crippen LogP contribution in [-0.2, 0) is 4.74 Å². The normalized spacial score (nSPS) is 31.5. The van der Waals surface area contributed by atoms with Crippen LogP contribution in [0, 0.1) is 17.2 Å². The van der Waals surface area contributed by atoms with Gasteiger partial charge in [0.05, 0.1) is 12.2 Å². The molecule has 0 spiro atoms. The monoisotopic (exact) mass is 210 g/mol. The first kappa shape index (κ1) is 12.5. The van der Waals surface area contributed by atoms with Crippen molar-refractivity contribution in [2.75, 3.05) is 13.7 Å². The lowest BCUT2D eigenvalue weighted by atomic mass is 9.81. The van der Waals surface area contributed by atoms with Crippen LogP contribution in [-0.4, -0.2) is 25.3 Å². The predicted molar refractivity (Wildman–Crippen MR) is 60.4 cm³/mol. The van der Waals surface area contributed by atoms with E-state index in [1.165, 1.54) is 0 Å². The molecule has 1 aliphatic carbocycles. The van der Waals surface area contributed by atoms with E-state index >= 15 is 0 Å². The Kier molecular flexibility index (Phi) is 4.56. The molecule has 3 nitrogen and oxygen atoms in total. The number of nitrogens with one attached hydrogen (secondary N) is 1. The van der Waals surface area contributed by atoms with Gasteiger partial charge in [0, 0.05) is 13.0 Å². The topological polar surface area (TPSA) is 45.0 Å². The summed E-state index contributed by atoms with van der Waals surface area (Å²) in [6.45, 7) is 5.10. The highest BCUT2D eigenvalue weighted by Crippen LogP contribution is 2.29. The fourth-order valence-electron chi connectivity index (χ4n) is 2.08. The highest BCUT2D eigenvalue weighted by Gasteiger charge is 2.35. The summed E-state index contributed by atoms with van der Waals surface area (Å²) in [5.74, 6) is 0.568. The summed E-state index contributed by atoms with van der Waals surface area (Å²) in [5, 5.41) is 12.3. The summed E-state index contributed by atoms with van der Waals surface area (Å²) in [4.78, 5) is 0. The van der Waals surface area contributed by atoms with Crippen LogP contribution in [0.3, 0.4) is 0 Å². The van der Waals surface area contributed by atoms with Crippen LogP contribution in [0.15, 0.2) is 0 Å². The molecule has 0 saturated heterocycles. The Balaban J connectivity index is 2.45. The van der Waals surface area contributed by atoms with Gasteiger partial charge in [0.15, 0.2) is 0 Å². The van der Waals surface area contributed by atoms with Crippen LogP contribution < -0.4 is 5.32 Å². The molecule has 0 aromatic heterocycles. The van der Waals surface area contributed by atoms with Gasteiger partial charge in [-0.15, -0.1) is 0 Å². The molecule has 15 heavy (non-hydrogen) atoms. The molecule has 86 valence electrons. The largest absolute Gasteiger partial charge is 0.378 e. The lowest BCUT2D eigenvalue weighted by Crippen LogP contribution is -2.47. The van der Waals surface area contributed by atoms with E-state index in [9.17, 15) is 0 Å². The van der Waals surface area contributed by atoms with E-state index in [1.54, 1.807) is 0 Å². The van der Waals surface area contributed by atoms with Gasteiger partial charge in [-0.3, -0.25) is 0 Å². The third-order valence-corrected chi connectivity index (χ3v) is 3.06. The maximum absolute atomic E-state index is 9.17. The van der Waals surface area contributed by atoms with Crippen molar-refractivity contribution in [1.29, 1.82) is 5.26 Å². The van der Waals surface area contributed by atoms with E-state index in [-0.39, 0.29) is 11.6 Å². The van der Waals surface area contributed by atoms with Gasteiger partial charge < -0.3 is 10.1 Å². The summed E-state index contributed by atoms with van der Waals surface area (Å²) in [6.07, 6.45) is 4.21. The van der Waals surface area contributed by atoms with Crippen molar-refractivity contribution in [1.82, 2.24) is 5.32 Å². The minimum absolute atomic E-state index is 0.258. The van der Waals surface area contributed by atoms with Crippen LogP contribution in [0.5, 0.6) is 0 Å². The minimum atomic E-state index is -0.347. The van der Waals surface area contributed by atoms with E-state index in [1.807, 2.05) is 7.05 Å². The van der Waals surface area contributed by atoms with Gasteiger partial charge in [-0.25, -0.2) is 0 Å². The van der Waals surface area contributed by atoms with Crippen LogP contribution in [0.25, 0.3) is 0 Å². The van der Waals surface area contributed by atoms with Gasteiger partial charge in [0.2, 0.25) is 0 Å². The molecule has 0 aromatic rings. The Bertz CT molecular complexity index is 234. The van der Waals surface area contributed by atoms with Crippen LogP contribution in [0.4, 0.5) is 0 Å². The molecule has 0 amide bonds. The molecule has 0 aliphatic heterocycles. The van der Waals surface area contributed by atoms with Gasteiger partial charge in [-0.2, -0.15) is 5.26 Å². The molecule has 0 heterocycles. The molecule has 1 saturated carbocycles. The predicted octanol–water partition coefficient (Wildman–Crippen LogP) is 2.08. The lowest BCUT2D eigenvalue weighted by Gasteiger charge is -2.35. The van der Waals surface area contributed by atoms with Gasteiger partial charge in [0.1, 0.15) is 5.54 Å². The number of rotatable bonds is 4. The van der Waals surface area contributed by atoms with Crippen molar-refractivity contribution in [3.63, 3.8) is 0 Å². The van der Waals surface area contributed by atoms with E-state index in [0.717, 1.165) is 32.3 Å². The fraction of sp³-hybridized carbons (Fsp3) is 0.917. The first-order valence-corrected chi connectivity index (χ1v) is 5.83. The van der Waals surface area contributed by atoms with E-state index in [2.05, 4.69) is 25.2 Å². The maximum Gasteiger partial charge on any atom is 0.109 e. The Morgan fingerprint density at radius 3 is 2.87 bits per heavy atom. The molecule has 2 unspecified atom stereocenters. The van der Waals surface area contributed by atoms with Crippen LogP contribution >= 0.6 is 0 Å². The molecule has 0 radical (unpaired) electrons. The van der Waals surface area contributed by atoms with E-state index < -0.39 is 0 Å². The molecule has 1 fully saturated rings. The van der Waals surface area contributed by atoms with Crippen molar-refractivity contribution in [3.05, 3.63) is 0 Å². The Labute approximate surface area is 92.8 Å². The Hall–Kier alpha value is -0.590. The fourth-order valence-corrected chi connectivity index (χ4v) is 2.08. The van der Waals surface area contributed by atoms with Crippen LogP contribution in [0.2, 0.25) is 0 Å². The van der Waals surface area contributed by atoms with Gasteiger partial charge in [-0.1, -0.05) is 13.8 Å². The first-order valence-electron chi connectivity index (χ1n) is 5.83. The number of hydrogen-bond acceptors (Lipinski definition) is 3. The molecule has 1 aliphatic rings. The summed E-state index contributed by atoms with van der Waals surface area (Å²) in [5.41, 5.74) is -0.347. The second kappa shape index (κ2) is 5.48. The third-order valence-electron chi connectivity index (χ3n) is 3.06. The van der Waals surface area contributed by atoms with Gasteiger partial charge in [0.25, 0.3) is 0 Å². The van der Waals surface area contributed by atoms with Crippen molar-refractivity contribution < 1.29 is 4.74 Å². The maximum atomic E-state index is 9.17. The zero-order valence-corrected chi connectivity index (χ0v) is 10.0. The SMILES string of the molecule is CNC1(C#N)CCCC(OCC(C)C)C1. The number of nitriles is 1. The smallest absolute Gasteiger partial charge is 0.109 e. The summed E-state index contributed by atoms with van der Waals surface area (Å²) >= 11 is 0. The average molecular weight is 210 g/mol. The number of ether oxygens (including phenoxy) is 1. The van der Waals surface area contributed by atoms with Crippen molar-refractivity contribution in [2.45, 2.75) is 51.2 Å². The lowest BCUT2D eigenvalue weighted by molar-refractivity contribution is -0.00243. The molecule has 1 rings (SSSR count). The average Bonchev–Trinajstić information content (AvgIpc) is 2.26.